The first kappa shape index (κ1) is 15.3. The Bertz CT molecular complexity index is 586. The molecule has 3 aliphatic rings. The van der Waals surface area contributed by atoms with Crippen LogP contribution >= 0.6 is 0 Å². The van der Waals surface area contributed by atoms with Crippen molar-refractivity contribution in [2.75, 3.05) is 0 Å². The molecule has 1 saturated heterocycles. The van der Waals surface area contributed by atoms with Gasteiger partial charge in [-0.1, -0.05) is 24.6 Å². The van der Waals surface area contributed by atoms with Gasteiger partial charge in [0.05, 0.1) is 17.4 Å². The lowest BCUT2D eigenvalue weighted by Gasteiger charge is -2.34. The van der Waals surface area contributed by atoms with Crippen LogP contribution in [0.15, 0.2) is 23.3 Å². The van der Waals surface area contributed by atoms with Gasteiger partial charge in [0.15, 0.2) is 0 Å². The maximum absolute atomic E-state index is 12.1. The Hall–Kier alpha value is -1.62. The zero-order valence-electron chi connectivity index (χ0n) is 13.3. The van der Waals surface area contributed by atoms with Gasteiger partial charge in [-0.05, 0) is 19.4 Å². The summed E-state index contributed by atoms with van der Waals surface area (Å²) in [6, 6.07) is 0. The summed E-state index contributed by atoms with van der Waals surface area (Å²) in [7, 11) is 0. The van der Waals surface area contributed by atoms with Gasteiger partial charge in [-0.3, -0.25) is 9.59 Å². The van der Waals surface area contributed by atoms with E-state index in [0.29, 0.717) is 6.42 Å². The Labute approximate surface area is 130 Å². The molecule has 6 atom stereocenters. The number of allylic oxidation sites excluding steroid dienone is 1. The first-order valence-corrected chi connectivity index (χ1v) is 7.71. The molecular formula is C17H22O5. The maximum Gasteiger partial charge on any atom is 0.309 e. The Balaban J connectivity index is 2.07. The third-order valence-corrected chi connectivity index (χ3v) is 5.22. The van der Waals surface area contributed by atoms with Crippen LogP contribution in [0, 0.1) is 17.8 Å². The molecule has 1 fully saturated rings. The van der Waals surface area contributed by atoms with Gasteiger partial charge in [-0.15, -0.1) is 0 Å². The lowest BCUT2D eigenvalue weighted by molar-refractivity contribution is -0.151. The van der Waals surface area contributed by atoms with Crippen molar-refractivity contribution in [1.29, 1.82) is 0 Å². The van der Waals surface area contributed by atoms with Gasteiger partial charge < -0.3 is 14.6 Å². The fourth-order valence-corrected chi connectivity index (χ4v) is 4.17. The van der Waals surface area contributed by atoms with Crippen LogP contribution in [-0.2, 0) is 19.1 Å². The van der Waals surface area contributed by atoms with Gasteiger partial charge in [0.25, 0.3) is 0 Å². The molecule has 0 aromatic carbocycles. The Morgan fingerprint density at radius 3 is 2.82 bits per heavy atom. The highest BCUT2D eigenvalue weighted by molar-refractivity contribution is 5.75. The summed E-state index contributed by atoms with van der Waals surface area (Å²) in [5, 5.41) is 10.7. The second-order valence-electron chi connectivity index (χ2n) is 6.89. The molecule has 3 rings (SSSR count). The Kier molecular flexibility index (Phi) is 3.44. The smallest absolute Gasteiger partial charge is 0.309 e. The molecule has 1 heterocycles. The maximum atomic E-state index is 12.1. The number of aliphatic hydroxyl groups is 1. The molecule has 0 aromatic heterocycles. The number of carbonyl (C=O) groups excluding carboxylic acids is 2. The minimum atomic E-state index is -1.06. The highest BCUT2D eigenvalue weighted by atomic mass is 16.6. The van der Waals surface area contributed by atoms with E-state index in [0.717, 1.165) is 11.1 Å². The fraction of sp³-hybridized carbons (Fsp3) is 0.647. The van der Waals surface area contributed by atoms with Crippen LogP contribution in [0.3, 0.4) is 0 Å². The van der Waals surface area contributed by atoms with E-state index in [1.54, 1.807) is 19.9 Å². The van der Waals surface area contributed by atoms with Crippen molar-refractivity contribution in [2.24, 2.45) is 17.8 Å². The van der Waals surface area contributed by atoms with Crippen LogP contribution in [0.5, 0.6) is 0 Å². The van der Waals surface area contributed by atoms with E-state index in [1.165, 1.54) is 6.92 Å². The molecule has 0 aromatic rings. The summed E-state index contributed by atoms with van der Waals surface area (Å²) in [5.74, 6) is -1.53. The van der Waals surface area contributed by atoms with Crippen LogP contribution in [0.1, 0.15) is 34.1 Å². The zero-order valence-corrected chi connectivity index (χ0v) is 13.3. The monoisotopic (exact) mass is 306 g/mol. The molecule has 22 heavy (non-hydrogen) atoms. The molecule has 1 N–H and O–H groups in total. The number of hydrogen-bond acceptors (Lipinski definition) is 5. The second-order valence-corrected chi connectivity index (χ2v) is 6.89. The van der Waals surface area contributed by atoms with Gasteiger partial charge in [0.2, 0.25) is 0 Å². The summed E-state index contributed by atoms with van der Waals surface area (Å²) in [6.07, 6.45) is 3.37. The molecule has 0 bridgehead atoms. The minimum Gasteiger partial charge on any atom is -0.462 e. The van der Waals surface area contributed by atoms with Crippen molar-refractivity contribution in [1.82, 2.24) is 0 Å². The minimum absolute atomic E-state index is 0.236. The Morgan fingerprint density at radius 1 is 1.50 bits per heavy atom. The molecule has 2 aliphatic carbocycles. The number of esters is 2. The normalized spacial score (nSPS) is 43.5. The van der Waals surface area contributed by atoms with Gasteiger partial charge in [0.1, 0.15) is 12.2 Å². The predicted octanol–water partition coefficient (Wildman–Crippen LogP) is 1.75. The molecule has 0 radical (unpaired) electrons. The number of fused-ring (bicyclic) bond motifs is 3. The summed E-state index contributed by atoms with van der Waals surface area (Å²) in [6.45, 7) is 6.90. The molecular weight excluding hydrogens is 284 g/mol. The topological polar surface area (TPSA) is 72.8 Å². The predicted molar refractivity (Wildman–Crippen MR) is 78.7 cm³/mol. The first-order chi connectivity index (χ1) is 10.2. The largest absolute Gasteiger partial charge is 0.462 e. The number of carbonyl (C=O) groups is 2. The van der Waals surface area contributed by atoms with Crippen LogP contribution in [-0.4, -0.2) is 34.9 Å². The van der Waals surface area contributed by atoms with Gasteiger partial charge >= 0.3 is 11.9 Å². The Morgan fingerprint density at radius 2 is 2.18 bits per heavy atom. The van der Waals surface area contributed by atoms with E-state index in [9.17, 15) is 14.7 Å². The second kappa shape index (κ2) is 4.95. The lowest BCUT2D eigenvalue weighted by atomic mass is 9.76. The summed E-state index contributed by atoms with van der Waals surface area (Å²) >= 11 is 0. The van der Waals surface area contributed by atoms with Crippen LogP contribution in [0.2, 0.25) is 0 Å². The van der Waals surface area contributed by atoms with Crippen molar-refractivity contribution in [2.45, 2.75) is 51.9 Å². The van der Waals surface area contributed by atoms with Crippen molar-refractivity contribution in [3.63, 3.8) is 0 Å². The third kappa shape index (κ3) is 2.19. The van der Waals surface area contributed by atoms with Crippen LogP contribution in [0.25, 0.3) is 0 Å². The fourth-order valence-electron chi connectivity index (χ4n) is 4.17. The quantitative estimate of drug-likeness (QED) is 0.747. The SMILES string of the molecule is CC(=O)O[C@@H]1CC(C)=C2C=C[C@@](C)(O)[C@@H]2[C@@H]2OC(=O)[C@@H](C)[C@@H]21. The summed E-state index contributed by atoms with van der Waals surface area (Å²) in [4.78, 5) is 23.5. The van der Waals surface area contributed by atoms with E-state index in [1.807, 2.05) is 13.0 Å². The third-order valence-electron chi connectivity index (χ3n) is 5.22. The highest BCUT2D eigenvalue weighted by Crippen LogP contribution is 2.50. The standard InChI is InChI=1S/C17H22O5/c1-8-7-12(21-10(3)18)13-9(2)16(19)22-15(13)14-11(8)5-6-17(14,4)20/h5-6,9,12-15,20H,7H2,1-4H3/t9-,12+,13+,14-,15+,17+/m0/s1. The highest BCUT2D eigenvalue weighted by Gasteiger charge is 2.57. The van der Waals surface area contributed by atoms with E-state index in [4.69, 9.17) is 9.47 Å². The molecule has 5 heteroatoms. The molecule has 5 nitrogen and oxygen atoms in total. The van der Waals surface area contributed by atoms with Crippen LogP contribution in [0.4, 0.5) is 0 Å². The molecule has 0 saturated carbocycles. The van der Waals surface area contributed by atoms with Gasteiger partial charge in [0, 0.05) is 19.3 Å². The van der Waals surface area contributed by atoms with Crippen molar-refractivity contribution in [3.05, 3.63) is 23.3 Å². The van der Waals surface area contributed by atoms with Crippen molar-refractivity contribution in [3.8, 4) is 0 Å². The molecule has 0 spiro atoms. The summed E-state index contributed by atoms with van der Waals surface area (Å²) in [5.41, 5.74) is 1.01. The molecule has 0 amide bonds. The van der Waals surface area contributed by atoms with Crippen molar-refractivity contribution >= 4 is 11.9 Å². The van der Waals surface area contributed by atoms with E-state index >= 15 is 0 Å². The van der Waals surface area contributed by atoms with Gasteiger partial charge in [-0.25, -0.2) is 0 Å². The van der Waals surface area contributed by atoms with E-state index in [-0.39, 0.29) is 29.7 Å². The van der Waals surface area contributed by atoms with E-state index in [2.05, 4.69) is 0 Å². The molecule has 0 unspecified atom stereocenters. The molecule has 1 aliphatic heterocycles. The van der Waals surface area contributed by atoms with Gasteiger partial charge in [-0.2, -0.15) is 0 Å². The molecule has 120 valence electrons. The number of ether oxygens (including phenoxy) is 2. The summed E-state index contributed by atoms with van der Waals surface area (Å²) < 4.78 is 11.1. The average molecular weight is 306 g/mol. The first-order valence-electron chi connectivity index (χ1n) is 7.71. The lowest BCUT2D eigenvalue weighted by Crippen LogP contribution is -2.44. The van der Waals surface area contributed by atoms with Crippen LogP contribution < -0.4 is 0 Å². The number of hydrogen-bond donors (Lipinski definition) is 1. The average Bonchev–Trinajstić information content (AvgIpc) is 2.81. The number of rotatable bonds is 1. The zero-order chi connectivity index (χ0) is 16.2. The van der Waals surface area contributed by atoms with Crippen molar-refractivity contribution < 1.29 is 24.2 Å². The van der Waals surface area contributed by atoms with E-state index < -0.39 is 17.8 Å².